The molecule has 2 aliphatic rings. The van der Waals surface area contributed by atoms with Gasteiger partial charge in [-0.2, -0.15) is 5.10 Å². The molecule has 1 saturated heterocycles. The Morgan fingerprint density at radius 1 is 0.760 bits per heavy atom. The minimum absolute atomic E-state index is 0.357. The molecule has 1 aliphatic heterocycles. The number of nitrogens with zero attached hydrogens (tertiary/aromatic N) is 2. The van der Waals surface area contributed by atoms with E-state index in [2.05, 4.69) is 34.5 Å². The van der Waals surface area contributed by atoms with Crippen LogP contribution in [0, 0.1) is 0 Å². The fourth-order valence-corrected chi connectivity index (χ4v) is 3.40. The summed E-state index contributed by atoms with van der Waals surface area (Å²) in [6.07, 6.45) is 3.49. The second-order valence-electron chi connectivity index (χ2n) is 6.45. The number of benzene rings is 2. The van der Waals surface area contributed by atoms with E-state index in [-0.39, 0.29) is 5.79 Å². The van der Waals surface area contributed by atoms with E-state index < -0.39 is 0 Å². The zero-order valence-corrected chi connectivity index (χ0v) is 14.2. The van der Waals surface area contributed by atoms with Gasteiger partial charge in [0.1, 0.15) is 5.71 Å². The fourth-order valence-electron chi connectivity index (χ4n) is 3.40. The highest BCUT2D eigenvalue weighted by atomic mass is 16.7. The zero-order valence-electron chi connectivity index (χ0n) is 14.2. The number of hydrogen-bond donors (Lipinski definition) is 0. The van der Waals surface area contributed by atoms with Crippen LogP contribution in [-0.2, 0) is 9.47 Å². The molecule has 0 radical (unpaired) electrons. The minimum Gasteiger partial charge on any atom is -0.348 e. The number of rotatable bonds is 3. The Balaban J connectivity index is 1.58. The van der Waals surface area contributed by atoms with Crippen LogP contribution in [0.3, 0.4) is 0 Å². The first-order valence-corrected chi connectivity index (χ1v) is 8.87. The normalized spacial score (nSPS) is 19.0. The van der Waals surface area contributed by atoms with Gasteiger partial charge in [0.15, 0.2) is 5.79 Å². The molecule has 0 aromatic heterocycles. The predicted octanol–water partition coefficient (Wildman–Crippen LogP) is 4.20. The molecule has 128 valence electrons. The topological polar surface area (TPSA) is 43.2 Å². The van der Waals surface area contributed by atoms with Gasteiger partial charge < -0.3 is 9.47 Å². The smallest absolute Gasteiger partial charge is 0.169 e. The van der Waals surface area contributed by atoms with E-state index in [0.717, 1.165) is 48.2 Å². The Hall–Kier alpha value is -2.30. The van der Waals surface area contributed by atoms with E-state index in [4.69, 9.17) is 9.47 Å². The summed E-state index contributed by atoms with van der Waals surface area (Å²) in [5.41, 5.74) is 4.18. The maximum absolute atomic E-state index is 5.78. The van der Waals surface area contributed by atoms with Gasteiger partial charge in [-0.1, -0.05) is 60.7 Å². The molecule has 1 heterocycles. The second-order valence-corrected chi connectivity index (χ2v) is 6.45. The molecule has 0 N–H and O–H groups in total. The second kappa shape index (κ2) is 7.30. The van der Waals surface area contributed by atoms with Gasteiger partial charge in [0, 0.05) is 29.7 Å². The van der Waals surface area contributed by atoms with Crippen LogP contribution < -0.4 is 0 Å². The van der Waals surface area contributed by atoms with Crippen molar-refractivity contribution < 1.29 is 9.47 Å². The Labute approximate surface area is 148 Å². The molecule has 0 amide bonds. The van der Waals surface area contributed by atoms with E-state index in [0.29, 0.717) is 13.2 Å². The quantitative estimate of drug-likeness (QED) is 0.624. The third-order valence-corrected chi connectivity index (χ3v) is 4.79. The fraction of sp³-hybridized carbons (Fsp3) is 0.333. The molecular weight excluding hydrogens is 312 g/mol. The zero-order chi connectivity index (χ0) is 17.0. The molecule has 0 atom stereocenters. The highest BCUT2D eigenvalue weighted by Crippen LogP contribution is 2.34. The van der Waals surface area contributed by atoms with E-state index in [1.54, 1.807) is 0 Å². The van der Waals surface area contributed by atoms with Crippen molar-refractivity contribution in [2.75, 3.05) is 13.2 Å². The molecule has 0 bridgehead atoms. The highest BCUT2D eigenvalue weighted by Gasteiger charge is 2.39. The third-order valence-electron chi connectivity index (χ3n) is 4.79. The first kappa shape index (κ1) is 16.2. The summed E-state index contributed by atoms with van der Waals surface area (Å²) >= 11 is 0. The summed E-state index contributed by atoms with van der Waals surface area (Å²) in [7, 11) is 0. The highest BCUT2D eigenvalue weighted by molar-refractivity contribution is 6.13. The summed E-state index contributed by atoms with van der Waals surface area (Å²) in [6, 6.07) is 20.4. The van der Waals surface area contributed by atoms with Crippen molar-refractivity contribution in [2.45, 2.75) is 31.5 Å². The molecule has 2 aromatic rings. The minimum atomic E-state index is -0.357. The monoisotopic (exact) mass is 334 g/mol. The van der Waals surface area contributed by atoms with Crippen molar-refractivity contribution in [3.8, 4) is 0 Å². The number of hydrogen-bond acceptors (Lipinski definition) is 4. The van der Waals surface area contributed by atoms with Gasteiger partial charge in [-0.05, 0) is 12.8 Å². The third kappa shape index (κ3) is 3.70. The maximum atomic E-state index is 5.78. The summed E-state index contributed by atoms with van der Waals surface area (Å²) in [4.78, 5) is 0. The van der Waals surface area contributed by atoms with E-state index in [9.17, 15) is 0 Å². The van der Waals surface area contributed by atoms with E-state index in [1.807, 2.05) is 36.4 Å². The van der Waals surface area contributed by atoms with Gasteiger partial charge in [-0.15, -0.1) is 5.10 Å². The van der Waals surface area contributed by atoms with Crippen LogP contribution in [0.25, 0.3) is 0 Å². The first-order valence-electron chi connectivity index (χ1n) is 8.87. The molecule has 1 spiro atoms. The number of ether oxygens (including phenoxy) is 2. The van der Waals surface area contributed by atoms with Crippen molar-refractivity contribution in [1.82, 2.24) is 0 Å². The average molecular weight is 334 g/mol. The lowest BCUT2D eigenvalue weighted by Crippen LogP contribution is -2.35. The summed E-state index contributed by atoms with van der Waals surface area (Å²) in [6.45, 7) is 1.41. The standard InChI is InChI=1S/C21H22N2O2/c1-3-7-17(8-4-1)20(18-9-5-2-6-10-18)23-22-19-11-13-21(14-12-19)24-15-16-25-21/h1-10H,11-16H2. The molecular formula is C21H22N2O2. The molecule has 4 heteroatoms. The van der Waals surface area contributed by atoms with Gasteiger partial charge in [-0.3, -0.25) is 0 Å². The molecule has 2 aromatic carbocycles. The van der Waals surface area contributed by atoms with Gasteiger partial charge in [0.25, 0.3) is 0 Å². The van der Waals surface area contributed by atoms with Crippen LogP contribution in [0.1, 0.15) is 36.8 Å². The van der Waals surface area contributed by atoms with Crippen LogP contribution in [0.15, 0.2) is 70.9 Å². The Morgan fingerprint density at radius 3 is 1.80 bits per heavy atom. The molecule has 25 heavy (non-hydrogen) atoms. The van der Waals surface area contributed by atoms with Crippen molar-refractivity contribution in [1.29, 1.82) is 0 Å². The summed E-state index contributed by atoms with van der Waals surface area (Å²) < 4.78 is 11.6. The van der Waals surface area contributed by atoms with Crippen LogP contribution >= 0.6 is 0 Å². The van der Waals surface area contributed by atoms with Crippen LogP contribution in [0.5, 0.6) is 0 Å². The van der Waals surface area contributed by atoms with Gasteiger partial charge in [0.2, 0.25) is 0 Å². The van der Waals surface area contributed by atoms with Crippen molar-refractivity contribution in [3.63, 3.8) is 0 Å². The summed E-state index contributed by atoms with van der Waals surface area (Å²) in [5.74, 6) is -0.357. The first-order chi connectivity index (χ1) is 12.3. The Kier molecular flexibility index (Phi) is 4.72. The molecule has 2 fully saturated rings. The molecule has 1 saturated carbocycles. The van der Waals surface area contributed by atoms with Crippen molar-refractivity contribution in [3.05, 3.63) is 71.8 Å². The molecule has 4 nitrogen and oxygen atoms in total. The lowest BCUT2D eigenvalue weighted by molar-refractivity contribution is -0.167. The van der Waals surface area contributed by atoms with Gasteiger partial charge in [-0.25, -0.2) is 0 Å². The van der Waals surface area contributed by atoms with Crippen LogP contribution in [0.2, 0.25) is 0 Å². The molecule has 1 aliphatic carbocycles. The maximum Gasteiger partial charge on any atom is 0.169 e. The molecule has 0 unspecified atom stereocenters. The predicted molar refractivity (Wildman–Crippen MR) is 99.1 cm³/mol. The Morgan fingerprint density at radius 2 is 1.28 bits per heavy atom. The van der Waals surface area contributed by atoms with Crippen molar-refractivity contribution in [2.24, 2.45) is 10.2 Å². The molecule has 4 rings (SSSR count). The van der Waals surface area contributed by atoms with Gasteiger partial charge in [0.05, 0.1) is 13.2 Å². The van der Waals surface area contributed by atoms with Gasteiger partial charge >= 0.3 is 0 Å². The van der Waals surface area contributed by atoms with E-state index >= 15 is 0 Å². The van der Waals surface area contributed by atoms with E-state index in [1.165, 1.54) is 0 Å². The lowest BCUT2D eigenvalue weighted by Gasteiger charge is -2.31. The van der Waals surface area contributed by atoms with Crippen LogP contribution in [-0.4, -0.2) is 30.4 Å². The van der Waals surface area contributed by atoms with Crippen molar-refractivity contribution >= 4 is 11.4 Å². The van der Waals surface area contributed by atoms with Crippen LogP contribution in [0.4, 0.5) is 0 Å². The Bertz CT molecular complexity index is 709. The average Bonchev–Trinajstić information content (AvgIpc) is 3.13. The largest absolute Gasteiger partial charge is 0.348 e. The lowest BCUT2D eigenvalue weighted by atomic mass is 9.92. The SMILES string of the molecule is c1ccc(C(=NN=C2CCC3(CC2)OCCO3)c2ccccc2)cc1. The summed E-state index contributed by atoms with van der Waals surface area (Å²) in [5, 5.41) is 9.21.